The number of carbonyl (C=O) groups is 2. The second-order valence-corrected chi connectivity index (χ2v) is 8.13. The average molecular weight is 446 g/mol. The van der Waals surface area contributed by atoms with Gasteiger partial charge in [-0.3, -0.25) is 4.79 Å². The number of carbonyl (C=O) groups excluding carboxylic acids is 2. The first-order valence-corrected chi connectivity index (χ1v) is 11.0. The van der Waals surface area contributed by atoms with Gasteiger partial charge >= 0.3 is 5.97 Å². The average Bonchev–Trinajstić information content (AvgIpc) is 3.17. The molecule has 1 aliphatic heterocycles. The van der Waals surface area contributed by atoms with Crippen LogP contribution >= 0.6 is 11.3 Å². The van der Waals surface area contributed by atoms with E-state index in [1.165, 1.54) is 11.3 Å². The standard InChI is InChI=1S/C21H27N5O4S/c1-2-30-16(27)13-29-12-14-7-6-10-26(11-14)19(28)18-17(15-8-4-3-5-9-15)24-21(31-18)25-20(22)23/h3-5,8-9,14H,2,6-7,10-13H2,1H3,(H4,22,23,24,25). The van der Waals surface area contributed by atoms with E-state index in [9.17, 15) is 9.59 Å². The summed E-state index contributed by atoms with van der Waals surface area (Å²) in [7, 11) is 0. The van der Waals surface area contributed by atoms with Crippen LogP contribution in [0.25, 0.3) is 11.3 Å². The van der Waals surface area contributed by atoms with Crippen LogP contribution in [0.4, 0.5) is 5.13 Å². The third-order valence-corrected chi connectivity index (χ3v) is 5.70. The van der Waals surface area contributed by atoms with E-state index in [0.717, 1.165) is 18.4 Å². The van der Waals surface area contributed by atoms with Gasteiger partial charge in [-0.2, -0.15) is 4.99 Å². The summed E-state index contributed by atoms with van der Waals surface area (Å²) in [6.45, 7) is 3.60. The van der Waals surface area contributed by atoms with Gasteiger partial charge in [0.15, 0.2) is 5.96 Å². The number of thiazole rings is 1. The minimum absolute atomic E-state index is 0.0762. The van der Waals surface area contributed by atoms with Gasteiger partial charge in [0.2, 0.25) is 5.13 Å². The van der Waals surface area contributed by atoms with Gasteiger partial charge in [-0.05, 0) is 25.7 Å². The summed E-state index contributed by atoms with van der Waals surface area (Å²) in [6, 6.07) is 9.47. The summed E-state index contributed by atoms with van der Waals surface area (Å²) in [5.74, 6) is -0.444. The van der Waals surface area contributed by atoms with Crippen molar-refractivity contribution >= 4 is 34.3 Å². The van der Waals surface area contributed by atoms with Gasteiger partial charge < -0.3 is 25.8 Å². The van der Waals surface area contributed by atoms with Crippen molar-refractivity contribution in [1.29, 1.82) is 0 Å². The molecule has 31 heavy (non-hydrogen) atoms. The zero-order valence-electron chi connectivity index (χ0n) is 17.5. The molecule has 3 rings (SSSR count). The molecule has 0 bridgehead atoms. The third kappa shape index (κ3) is 6.25. The maximum Gasteiger partial charge on any atom is 0.332 e. The Kier molecular flexibility index (Phi) is 7.96. The lowest BCUT2D eigenvalue weighted by molar-refractivity contribution is -0.149. The summed E-state index contributed by atoms with van der Waals surface area (Å²) in [5.41, 5.74) is 12.4. The second kappa shape index (κ2) is 10.9. The first-order valence-electron chi connectivity index (χ1n) is 10.2. The highest BCUT2D eigenvalue weighted by Gasteiger charge is 2.29. The molecular formula is C21H27N5O4S. The summed E-state index contributed by atoms with van der Waals surface area (Å²) in [5, 5.41) is 0.341. The molecule has 166 valence electrons. The van der Waals surface area contributed by atoms with E-state index in [-0.39, 0.29) is 30.4 Å². The van der Waals surface area contributed by atoms with Crippen molar-refractivity contribution in [3.8, 4) is 11.3 Å². The number of guanidine groups is 1. The van der Waals surface area contributed by atoms with Gasteiger partial charge in [-0.25, -0.2) is 9.78 Å². The quantitative estimate of drug-likeness (QED) is 0.361. The van der Waals surface area contributed by atoms with E-state index < -0.39 is 0 Å². The molecule has 1 atom stereocenters. The monoisotopic (exact) mass is 445 g/mol. The van der Waals surface area contributed by atoms with Crippen molar-refractivity contribution in [1.82, 2.24) is 9.88 Å². The number of amides is 1. The van der Waals surface area contributed by atoms with Crippen LogP contribution < -0.4 is 11.5 Å². The highest BCUT2D eigenvalue weighted by atomic mass is 32.1. The molecule has 1 saturated heterocycles. The summed E-state index contributed by atoms with van der Waals surface area (Å²) in [6.07, 6.45) is 1.79. The molecule has 2 heterocycles. The number of ether oxygens (including phenoxy) is 2. The minimum atomic E-state index is -0.379. The van der Waals surface area contributed by atoms with Crippen LogP contribution in [0, 0.1) is 5.92 Å². The van der Waals surface area contributed by atoms with Gasteiger partial charge in [-0.15, -0.1) is 0 Å². The number of nitrogens with zero attached hydrogens (tertiary/aromatic N) is 3. The van der Waals surface area contributed by atoms with Crippen LogP contribution in [-0.4, -0.2) is 60.6 Å². The van der Waals surface area contributed by atoms with Gasteiger partial charge in [0.25, 0.3) is 5.91 Å². The van der Waals surface area contributed by atoms with Crippen LogP contribution in [0.5, 0.6) is 0 Å². The molecule has 0 saturated carbocycles. The Bertz CT molecular complexity index is 927. The number of nitrogens with two attached hydrogens (primary N) is 2. The maximum atomic E-state index is 13.4. The van der Waals surface area contributed by atoms with Crippen molar-refractivity contribution in [2.75, 3.05) is 32.9 Å². The van der Waals surface area contributed by atoms with Crippen LogP contribution in [0.2, 0.25) is 0 Å². The second-order valence-electron chi connectivity index (χ2n) is 7.16. The number of likely N-dealkylation sites (tertiary alicyclic amines) is 1. The molecule has 1 aliphatic rings. The molecule has 1 unspecified atom stereocenters. The molecule has 2 aromatic rings. The fraction of sp³-hybridized carbons (Fsp3) is 0.429. The normalized spacial score (nSPS) is 16.0. The molecule has 0 radical (unpaired) electrons. The van der Waals surface area contributed by atoms with Gasteiger partial charge in [0.1, 0.15) is 11.5 Å². The van der Waals surface area contributed by atoms with E-state index in [1.54, 1.807) is 11.8 Å². The first-order chi connectivity index (χ1) is 15.0. The van der Waals surface area contributed by atoms with Crippen LogP contribution in [0.1, 0.15) is 29.4 Å². The Morgan fingerprint density at radius 1 is 1.29 bits per heavy atom. The number of aromatic nitrogens is 1. The van der Waals surface area contributed by atoms with E-state index in [4.69, 9.17) is 20.9 Å². The van der Waals surface area contributed by atoms with Gasteiger partial charge in [-0.1, -0.05) is 41.7 Å². The zero-order valence-corrected chi connectivity index (χ0v) is 18.3. The summed E-state index contributed by atoms with van der Waals surface area (Å²) < 4.78 is 10.4. The third-order valence-electron chi connectivity index (χ3n) is 4.77. The highest BCUT2D eigenvalue weighted by molar-refractivity contribution is 7.17. The fourth-order valence-corrected chi connectivity index (χ4v) is 4.39. The highest BCUT2D eigenvalue weighted by Crippen LogP contribution is 2.34. The van der Waals surface area contributed by atoms with E-state index in [2.05, 4.69) is 9.98 Å². The number of benzene rings is 1. The number of piperidine rings is 1. The number of hydrogen-bond donors (Lipinski definition) is 2. The van der Waals surface area contributed by atoms with E-state index >= 15 is 0 Å². The first kappa shape index (κ1) is 22.7. The van der Waals surface area contributed by atoms with Gasteiger partial charge in [0, 0.05) is 18.7 Å². The number of hydrogen-bond acceptors (Lipinski definition) is 7. The van der Waals surface area contributed by atoms with Crippen molar-refractivity contribution in [3.05, 3.63) is 35.2 Å². The predicted octanol–water partition coefficient (Wildman–Crippen LogP) is 2.15. The molecular weight excluding hydrogens is 418 g/mol. The van der Waals surface area contributed by atoms with Gasteiger partial charge in [0.05, 0.1) is 18.9 Å². The Hall–Kier alpha value is -2.98. The number of esters is 1. The molecule has 0 spiro atoms. The minimum Gasteiger partial charge on any atom is -0.464 e. The number of rotatable bonds is 8. The van der Waals surface area contributed by atoms with E-state index in [0.29, 0.717) is 42.0 Å². The van der Waals surface area contributed by atoms with E-state index in [1.807, 2.05) is 30.3 Å². The predicted molar refractivity (Wildman–Crippen MR) is 119 cm³/mol. The van der Waals surface area contributed by atoms with Crippen molar-refractivity contribution in [3.63, 3.8) is 0 Å². The molecule has 9 nitrogen and oxygen atoms in total. The van der Waals surface area contributed by atoms with Crippen molar-refractivity contribution in [2.24, 2.45) is 22.4 Å². The fourth-order valence-electron chi connectivity index (χ4n) is 3.44. The van der Waals surface area contributed by atoms with Crippen molar-refractivity contribution in [2.45, 2.75) is 19.8 Å². The molecule has 1 aromatic carbocycles. The Morgan fingerprint density at radius 2 is 2.06 bits per heavy atom. The van der Waals surface area contributed by atoms with Crippen LogP contribution in [0.15, 0.2) is 35.3 Å². The Balaban J connectivity index is 1.73. The van der Waals surface area contributed by atoms with Crippen molar-refractivity contribution < 1.29 is 19.1 Å². The molecule has 0 aliphatic carbocycles. The molecule has 4 N–H and O–H groups in total. The smallest absolute Gasteiger partial charge is 0.332 e. The van der Waals surface area contributed by atoms with Crippen LogP contribution in [-0.2, 0) is 14.3 Å². The molecule has 1 fully saturated rings. The maximum absolute atomic E-state index is 13.4. The van der Waals surface area contributed by atoms with Crippen LogP contribution in [0.3, 0.4) is 0 Å². The lowest BCUT2D eigenvalue weighted by Gasteiger charge is -2.32. The SMILES string of the molecule is CCOC(=O)COCC1CCCN(C(=O)c2sc(N=C(N)N)nc2-c2ccccc2)C1. The lowest BCUT2D eigenvalue weighted by atomic mass is 9.98. The summed E-state index contributed by atoms with van der Waals surface area (Å²) >= 11 is 1.17. The zero-order chi connectivity index (χ0) is 22.2. The number of aliphatic imine (C=N–C) groups is 1. The topological polar surface area (TPSA) is 133 Å². The Morgan fingerprint density at radius 3 is 2.77 bits per heavy atom. The lowest BCUT2D eigenvalue weighted by Crippen LogP contribution is -2.41. The molecule has 10 heteroatoms. The Labute approximate surface area is 185 Å². The summed E-state index contributed by atoms with van der Waals surface area (Å²) in [4.78, 5) is 35.6. The molecule has 1 aromatic heterocycles. The molecule has 1 amide bonds. The largest absolute Gasteiger partial charge is 0.464 e.